The number of hydrogen-bond acceptors (Lipinski definition) is 2. The summed E-state index contributed by atoms with van der Waals surface area (Å²) in [7, 11) is 0. The molecule has 0 aliphatic rings. The van der Waals surface area contributed by atoms with E-state index in [0.717, 1.165) is 5.57 Å². The molecule has 5 heteroatoms. The molecular weight excluding hydrogens is 363 g/mol. The topological polar surface area (TPSA) is 63.3 Å². The molecule has 0 bridgehead atoms. The maximum atomic E-state index is 5.83. The minimum atomic E-state index is 0. The van der Waals surface area contributed by atoms with Crippen molar-refractivity contribution in [3.63, 3.8) is 0 Å². The van der Waals surface area contributed by atoms with Gasteiger partial charge in [-0.3, -0.25) is 9.98 Å². The van der Waals surface area contributed by atoms with Crippen LogP contribution in [0.25, 0.3) is 0 Å². The van der Waals surface area contributed by atoms with Gasteiger partial charge in [-0.2, -0.15) is 0 Å². The Kier molecular flexibility index (Phi) is 9.20. The summed E-state index contributed by atoms with van der Waals surface area (Å²) in [4.78, 5) is 8.58. The highest BCUT2D eigenvalue weighted by atomic mass is 127. The van der Waals surface area contributed by atoms with Crippen molar-refractivity contribution in [2.75, 3.05) is 13.1 Å². The number of aliphatic imine (C=N–C) groups is 1. The van der Waals surface area contributed by atoms with E-state index in [4.69, 9.17) is 5.73 Å². The van der Waals surface area contributed by atoms with E-state index >= 15 is 0 Å². The van der Waals surface area contributed by atoms with Gasteiger partial charge < -0.3 is 11.1 Å². The van der Waals surface area contributed by atoms with Crippen molar-refractivity contribution in [2.45, 2.75) is 26.7 Å². The average Bonchev–Trinajstić information content (AvgIpc) is 2.37. The van der Waals surface area contributed by atoms with Crippen molar-refractivity contribution < 1.29 is 0 Å². The molecule has 0 aliphatic heterocycles. The lowest BCUT2D eigenvalue weighted by Gasteiger charge is -2.19. The number of guanidine groups is 1. The van der Waals surface area contributed by atoms with Crippen molar-refractivity contribution in [3.05, 3.63) is 42.2 Å². The monoisotopic (exact) mass is 388 g/mol. The number of nitrogens with two attached hydrogens (primary N) is 1. The zero-order chi connectivity index (χ0) is 14.3. The van der Waals surface area contributed by atoms with Crippen LogP contribution in [0.2, 0.25) is 0 Å². The van der Waals surface area contributed by atoms with E-state index in [1.165, 1.54) is 5.56 Å². The average molecular weight is 388 g/mol. The summed E-state index contributed by atoms with van der Waals surface area (Å²) in [6, 6.07) is 4.04. The Morgan fingerprint density at radius 3 is 2.70 bits per heavy atom. The van der Waals surface area contributed by atoms with Crippen LogP contribution < -0.4 is 11.1 Å². The predicted molar refractivity (Wildman–Crippen MR) is 96.5 cm³/mol. The highest BCUT2D eigenvalue weighted by molar-refractivity contribution is 14.0. The van der Waals surface area contributed by atoms with E-state index in [9.17, 15) is 0 Å². The SMILES string of the molecule is C=C(C)CNC(N)=NCC(c1cccnc1)C(C)C.I. The quantitative estimate of drug-likeness (QED) is 0.341. The summed E-state index contributed by atoms with van der Waals surface area (Å²) in [5.41, 5.74) is 8.07. The number of rotatable bonds is 6. The summed E-state index contributed by atoms with van der Waals surface area (Å²) >= 11 is 0. The van der Waals surface area contributed by atoms with Crippen LogP contribution in [0.1, 0.15) is 32.3 Å². The summed E-state index contributed by atoms with van der Waals surface area (Å²) < 4.78 is 0. The van der Waals surface area contributed by atoms with Crippen LogP contribution in [0, 0.1) is 5.92 Å². The van der Waals surface area contributed by atoms with E-state index in [0.29, 0.717) is 30.9 Å². The fraction of sp³-hybridized carbons (Fsp3) is 0.467. The molecule has 1 heterocycles. The minimum absolute atomic E-state index is 0. The van der Waals surface area contributed by atoms with Gasteiger partial charge in [-0.05, 0) is 24.5 Å². The van der Waals surface area contributed by atoms with Crippen molar-refractivity contribution in [3.8, 4) is 0 Å². The van der Waals surface area contributed by atoms with Crippen LogP contribution in [-0.2, 0) is 0 Å². The third kappa shape index (κ3) is 6.88. The number of pyridine rings is 1. The molecule has 0 saturated carbocycles. The minimum Gasteiger partial charge on any atom is -0.370 e. The molecule has 112 valence electrons. The molecule has 0 aliphatic carbocycles. The zero-order valence-corrected chi connectivity index (χ0v) is 14.8. The van der Waals surface area contributed by atoms with Gasteiger partial charge in [-0.25, -0.2) is 0 Å². The molecule has 0 saturated heterocycles. The van der Waals surface area contributed by atoms with E-state index in [2.05, 4.69) is 41.8 Å². The first kappa shape index (κ1) is 18.9. The summed E-state index contributed by atoms with van der Waals surface area (Å²) in [6.45, 7) is 11.5. The standard InChI is InChI=1S/C15H24N4.HI/c1-11(2)8-18-15(16)19-10-14(12(3)4)13-6-5-7-17-9-13;/h5-7,9,12,14H,1,8,10H2,2-4H3,(H3,16,18,19);1H. The highest BCUT2D eigenvalue weighted by Gasteiger charge is 2.15. The van der Waals surface area contributed by atoms with Gasteiger partial charge in [0.25, 0.3) is 0 Å². The molecule has 1 unspecified atom stereocenters. The van der Waals surface area contributed by atoms with Gasteiger partial charge in [0.05, 0.1) is 0 Å². The smallest absolute Gasteiger partial charge is 0.188 e. The first-order valence-corrected chi connectivity index (χ1v) is 6.58. The Bertz CT molecular complexity index is 429. The van der Waals surface area contributed by atoms with E-state index in [1.54, 1.807) is 6.20 Å². The molecule has 1 rings (SSSR count). The van der Waals surface area contributed by atoms with Gasteiger partial charge in [0.15, 0.2) is 5.96 Å². The Morgan fingerprint density at radius 1 is 1.50 bits per heavy atom. The largest absolute Gasteiger partial charge is 0.370 e. The molecule has 1 atom stereocenters. The molecule has 0 amide bonds. The van der Waals surface area contributed by atoms with Crippen LogP contribution in [0.5, 0.6) is 0 Å². The van der Waals surface area contributed by atoms with Crippen molar-refractivity contribution in [2.24, 2.45) is 16.6 Å². The second kappa shape index (κ2) is 9.74. The van der Waals surface area contributed by atoms with Gasteiger partial charge in [0.1, 0.15) is 0 Å². The fourth-order valence-corrected chi connectivity index (χ4v) is 1.79. The molecular formula is C15H25IN4. The fourth-order valence-electron chi connectivity index (χ4n) is 1.79. The van der Waals surface area contributed by atoms with Crippen LogP contribution in [0.4, 0.5) is 0 Å². The third-order valence-corrected chi connectivity index (χ3v) is 2.95. The third-order valence-electron chi connectivity index (χ3n) is 2.95. The Morgan fingerprint density at radius 2 is 2.20 bits per heavy atom. The van der Waals surface area contributed by atoms with E-state index in [-0.39, 0.29) is 24.0 Å². The maximum absolute atomic E-state index is 5.83. The van der Waals surface area contributed by atoms with E-state index in [1.807, 2.05) is 19.2 Å². The number of nitrogens with one attached hydrogen (secondary N) is 1. The van der Waals surface area contributed by atoms with Crippen LogP contribution in [0.15, 0.2) is 41.7 Å². The molecule has 0 aromatic carbocycles. The van der Waals surface area contributed by atoms with Gasteiger partial charge in [-0.15, -0.1) is 24.0 Å². The van der Waals surface area contributed by atoms with Crippen molar-refractivity contribution in [1.29, 1.82) is 0 Å². The Balaban J connectivity index is 0.00000361. The normalized spacial score (nSPS) is 12.7. The molecule has 0 spiro atoms. The Hall–Kier alpha value is -1.11. The number of hydrogen-bond donors (Lipinski definition) is 2. The lowest BCUT2D eigenvalue weighted by molar-refractivity contribution is 0.505. The van der Waals surface area contributed by atoms with Crippen LogP contribution in [-0.4, -0.2) is 24.0 Å². The van der Waals surface area contributed by atoms with Crippen molar-refractivity contribution in [1.82, 2.24) is 10.3 Å². The van der Waals surface area contributed by atoms with Crippen LogP contribution >= 0.6 is 24.0 Å². The molecule has 1 aromatic rings. The second-order valence-electron chi connectivity index (χ2n) is 5.17. The molecule has 0 radical (unpaired) electrons. The number of aromatic nitrogens is 1. The van der Waals surface area contributed by atoms with Crippen molar-refractivity contribution >= 4 is 29.9 Å². The predicted octanol–water partition coefficient (Wildman–Crippen LogP) is 2.92. The van der Waals surface area contributed by atoms with Gasteiger partial charge in [0.2, 0.25) is 0 Å². The number of nitrogens with zero attached hydrogens (tertiary/aromatic N) is 2. The molecule has 0 fully saturated rings. The van der Waals surface area contributed by atoms with Gasteiger partial charge >= 0.3 is 0 Å². The molecule has 20 heavy (non-hydrogen) atoms. The lowest BCUT2D eigenvalue weighted by atomic mass is 9.89. The van der Waals surface area contributed by atoms with E-state index < -0.39 is 0 Å². The first-order valence-electron chi connectivity index (χ1n) is 6.58. The summed E-state index contributed by atoms with van der Waals surface area (Å²) in [6.07, 6.45) is 3.69. The zero-order valence-electron chi connectivity index (χ0n) is 12.5. The van der Waals surface area contributed by atoms with Gasteiger partial charge in [0, 0.05) is 31.4 Å². The second-order valence-corrected chi connectivity index (χ2v) is 5.17. The molecule has 1 aromatic heterocycles. The highest BCUT2D eigenvalue weighted by Crippen LogP contribution is 2.23. The maximum Gasteiger partial charge on any atom is 0.188 e. The summed E-state index contributed by atoms with van der Waals surface area (Å²) in [5, 5.41) is 3.04. The lowest BCUT2D eigenvalue weighted by Crippen LogP contribution is -2.33. The van der Waals surface area contributed by atoms with Gasteiger partial charge in [-0.1, -0.05) is 32.1 Å². The Labute approximate surface area is 139 Å². The molecule has 3 N–H and O–H groups in total. The number of halogens is 1. The van der Waals surface area contributed by atoms with Crippen LogP contribution in [0.3, 0.4) is 0 Å². The summed E-state index contributed by atoms with van der Waals surface area (Å²) in [5.74, 6) is 1.29. The first-order chi connectivity index (χ1) is 9.00. The molecule has 4 nitrogen and oxygen atoms in total.